The van der Waals surface area contributed by atoms with Crippen LogP contribution in [0.25, 0.3) is 0 Å². The van der Waals surface area contributed by atoms with Gasteiger partial charge >= 0.3 is 0 Å². The summed E-state index contributed by atoms with van der Waals surface area (Å²) >= 11 is 0. The molecule has 2 fully saturated rings. The summed E-state index contributed by atoms with van der Waals surface area (Å²) in [5.41, 5.74) is 0. The van der Waals surface area contributed by atoms with Crippen LogP contribution in [0.3, 0.4) is 0 Å². The summed E-state index contributed by atoms with van der Waals surface area (Å²) < 4.78 is 5.36. The predicted molar refractivity (Wildman–Crippen MR) is 62.0 cm³/mol. The Morgan fingerprint density at radius 1 is 1.47 bits per heavy atom. The van der Waals surface area contributed by atoms with E-state index in [4.69, 9.17) is 4.74 Å². The van der Waals surface area contributed by atoms with E-state index in [0.29, 0.717) is 12.1 Å². The average Bonchev–Trinajstić information content (AvgIpc) is 2.98. The quantitative estimate of drug-likeness (QED) is 0.738. The molecule has 1 aliphatic heterocycles. The molecule has 1 saturated heterocycles. The summed E-state index contributed by atoms with van der Waals surface area (Å²) in [6, 6.07) is 1.38. The highest BCUT2D eigenvalue weighted by Crippen LogP contribution is 2.34. The molecule has 88 valence electrons. The molecule has 3 heteroatoms. The molecule has 1 heterocycles. The highest BCUT2D eigenvalue weighted by atomic mass is 16.5. The molecule has 0 aromatic carbocycles. The third-order valence-corrected chi connectivity index (χ3v) is 4.02. The number of ether oxygens (including phenoxy) is 1. The molecule has 0 bridgehead atoms. The van der Waals surface area contributed by atoms with Crippen LogP contribution in [0.1, 0.15) is 26.2 Å². The summed E-state index contributed by atoms with van der Waals surface area (Å²) in [6.07, 6.45) is 4.46. The van der Waals surface area contributed by atoms with Crippen LogP contribution in [0.4, 0.5) is 0 Å². The van der Waals surface area contributed by atoms with Crippen molar-refractivity contribution >= 4 is 0 Å². The van der Waals surface area contributed by atoms with E-state index in [-0.39, 0.29) is 0 Å². The Morgan fingerprint density at radius 3 is 2.73 bits per heavy atom. The minimum atomic E-state index is 0.430. The standard InChI is InChI=1S/C12H24N2O/c1-9(10-4-5-10)14(2)8-11-6-12(15-3)7-13-11/h9-13H,4-8H2,1-3H3. The fourth-order valence-electron chi connectivity index (χ4n) is 2.55. The minimum Gasteiger partial charge on any atom is -0.380 e. The summed E-state index contributed by atoms with van der Waals surface area (Å²) in [7, 11) is 4.07. The normalized spacial score (nSPS) is 33.6. The maximum Gasteiger partial charge on any atom is 0.0711 e. The van der Waals surface area contributed by atoms with Crippen LogP contribution in [0.5, 0.6) is 0 Å². The summed E-state index contributed by atoms with van der Waals surface area (Å²) in [4.78, 5) is 2.51. The Bertz CT molecular complexity index is 206. The van der Waals surface area contributed by atoms with Crippen molar-refractivity contribution in [3.63, 3.8) is 0 Å². The largest absolute Gasteiger partial charge is 0.380 e. The maximum absolute atomic E-state index is 5.36. The molecular formula is C12H24N2O. The Kier molecular flexibility index (Phi) is 3.65. The van der Waals surface area contributed by atoms with Gasteiger partial charge in [0, 0.05) is 32.3 Å². The van der Waals surface area contributed by atoms with Gasteiger partial charge in [0.2, 0.25) is 0 Å². The molecule has 0 aromatic heterocycles. The third-order valence-electron chi connectivity index (χ3n) is 4.02. The van der Waals surface area contributed by atoms with Crippen LogP contribution in [-0.2, 0) is 4.74 Å². The van der Waals surface area contributed by atoms with Gasteiger partial charge in [0.1, 0.15) is 0 Å². The van der Waals surface area contributed by atoms with E-state index >= 15 is 0 Å². The van der Waals surface area contributed by atoms with Gasteiger partial charge in [-0.3, -0.25) is 0 Å². The molecule has 0 spiro atoms. The second-order valence-corrected chi connectivity index (χ2v) is 5.22. The lowest BCUT2D eigenvalue weighted by molar-refractivity contribution is 0.115. The zero-order valence-corrected chi connectivity index (χ0v) is 10.2. The van der Waals surface area contributed by atoms with E-state index in [2.05, 4.69) is 24.2 Å². The Balaban J connectivity index is 1.71. The van der Waals surface area contributed by atoms with Crippen molar-refractivity contribution in [1.29, 1.82) is 0 Å². The Labute approximate surface area is 93.2 Å². The zero-order valence-electron chi connectivity index (χ0n) is 10.2. The Morgan fingerprint density at radius 2 is 2.20 bits per heavy atom. The van der Waals surface area contributed by atoms with E-state index in [0.717, 1.165) is 31.5 Å². The number of methoxy groups -OCH3 is 1. The summed E-state index contributed by atoms with van der Waals surface area (Å²) in [6.45, 7) is 4.55. The smallest absolute Gasteiger partial charge is 0.0711 e. The van der Waals surface area contributed by atoms with Gasteiger partial charge in [0.05, 0.1) is 6.10 Å². The van der Waals surface area contributed by atoms with E-state index in [9.17, 15) is 0 Å². The third kappa shape index (κ3) is 2.92. The fourth-order valence-corrected chi connectivity index (χ4v) is 2.55. The average molecular weight is 212 g/mol. The molecule has 3 unspecified atom stereocenters. The maximum atomic E-state index is 5.36. The molecule has 1 saturated carbocycles. The first-order valence-corrected chi connectivity index (χ1v) is 6.17. The highest BCUT2D eigenvalue weighted by Gasteiger charge is 2.32. The number of rotatable bonds is 5. The van der Waals surface area contributed by atoms with Crippen LogP contribution in [0, 0.1) is 5.92 Å². The van der Waals surface area contributed by atoms with Crippen LogP contribution in [0.2, 0.25) is 0 Å². The van der Waals surface area contributed by atoms with E-state index < -0.39 is 0 Å². The SMILES string of the molecule is COC1CNC(CN(C)C(C)C2CC2)C1. The molecule has 1 N–H and O–H groups in total. The minimum absolute atomic E-state index is 0.430. The number of hydrogen-bond donors (Lipinski definition) is 1. The van der Waals surface area contributed by atoms with Crippen LogP contribution in [0.15, 0.2) is 0 Å². The first-order chi connectivity index (χ1) is 7.20. The van der Waals surface area contributed by atoms with Gasteiger partial charge in [0.25, 0.3) is 0 Å². The van der Waals surface area contributed by atoms with Gasteiger partial charge in [-0.15, -0.1) is 0 Å². The van der Waals surface area contributed by atoms with E-state index in [1.165, 1.54) is 12.8 Å². The van der Waals surface area contributed by atoms with Crippen molar-refractivity contribution in [2.45, 2.75) is 44.4 Å². The zero-order chi connectivity index (χ0) is 10.8. The molecule has 0 radical (unpaired) electrons. The van der Waals surface area contributed by atoms with Gasteiger partial charge in [-0.1, -0.05) is 0 Å². The van der Waals surface area contributed by atoms with Gasteiger partial charge in [0.15, 0.2) is 0 Å². The van der Waals surface area contributed by atoms with Crippen molar-refractivity contribution < 1.29 is 4.74 Å². The lowest BCUT2D eigenvalue weighted by Gasteiger charge is -2.27. The van der Waals surface area contributed by atoms with Gasteiger partial charge in [-0.25, -0.2) is 0 Å². The molecule has 2 aliphatic rings. The fraction of sp³-hybridized carbons (Fsp3) is 1.00. The lowest BCUT2D eigenvalue weighted by Crippen LogP contribution is -2.40. The molecule has 1 aliphatic carbocycles. The van der Waals surface area contributed by atoms with Gasteiger partial charge < -0.3 is 15.0 Å². The van der Waals surface area contributed by atoms with E-state index in [1.807, 2.05) is 7.11 Å². The Hall–Kier alpha value is -0.120. The van der Waals surface area contributed by atoms with E-state index in [1.54, 1.807) is 0 Å². The van der Waals surface area contributed by atoms with Gasteiger partial charge in [-0.05, 0) is 39.2 Å². The van der Waals surface area contributed by atoms with Crippen LogP contribution < -0.4 is 5.32 Å². The molecule has 0 amide bonds. The molecule has 0 aromatic rings. The number of hydrogen-bond acceptors (Lipinski definition) is 3. The molecule has 3 nitrogen and oxygen atoms in total. The molecular weight excluding hydrogens is 188 g/mol. The molecule has 2 rings (SSSR count). The molecule has 15 heavy (non-hydrogen) atoms. The topological polar surface area (TPSA) is 24.5 Å². The second-order valence-electron chi connectivity index (χ2n) is 5.22. The molecule has 3 atom stereocenters. The number of nitrogens with zero attached hydrogens (tertiary/aromatic N) is 1. The number of likely N-dealkylation sites (N-methyl/N-ethyl adjacent to an activating group) is 1. The number of nitrogens with one attached hydrogen (secondary N) is 1. The lowest BCUT2D eigenvalue weighted by atomic mass is 10.1. The van der Waals surface area contributed by atoms with Crippen LogP contribution >= 0.6 is 0 Å². The van der Waals surface area contributed by atoms with Crippen LogP contribution in [-0.4, -0.2) is 50.3 Å². The summed E-state index contributed by atoms with van der Waals surface area (Å²) in [5.74, 6) is 0.967. The highest BCUT2D eigenvalue weighted by molar-refractivity contribution is 4.88. The van der Waals surface area contributed by atoms with Crippen molar-refractivity contribution in [3.8, 4) is 0 Å². The van der Waals surface area contributed by atoms with Crippen molar-refractivity contribution in [3.05, 3.63) is 0 Å². The first kappa shape index (κ1) is 11.4. The second kappa shape index (κ2) is 4.81. The van der Waals surface area contributed by atoms with Gasteiger partial charge in [-0.2, -0.15) is 0 Å². The first-order valence-electron chi connectivity index (χ1n) is 6.17. The van der Waals surface area contributed by atoms with Crippen molar-refractivity contribution in [2.75, 3.05) is 27.2 Å². The predicted octanol–water partition coefficient (Wildman–Crippen LogP) is 1.09. The van der Waals surface area contributed by atoms with Crippen molar-refractivity contribution in [2.24, 2.45) is 5.92 Å². The van der Waals surface area contributed by atoms with Crippen molar-refractivity contribution in [1.82, 2.24) is 10.2 Å². The summed E-state index contributed by atoms with van der Waals surface area (Å²) in [5, 5.41) is 3.54. The monoisotopic (exact) mass is 212 g/mol.